The van der Waals surface area contributed by atoms with Crippen LogP contribution in [0.5, 0.6) is 0 Å². The van der Waals surface area contributed by atoms with Crippen molar-refractivity contribution in [1.29, 1.82) is 0 Å². The van der Waals surface area contributed by atoms with Gasteiger partial charge in [-0.1, -0.05) is 12.8 Å². The molecule has 164 valence electrons. The molecular weight excluding hydrogens is 365 g/mol. The van der Waals surface area contributed by atoms with Gasteiger partial charge in [0.15, 0.2) is 0 Å². The first-order chi connectivity index (χ1) is 14.0. The Labute approximate surface area is 176 Å². The maximum atomic E-state index is 13.2. The largest absolute Gasteiger partial charge is 0.469 e. The van der Waals surface area contributed by atoms with Crippen molar-refractivity contribution < 1.29 is 14.8 Å². The molecule has 0 aromatic carbocycles. The van der Waals surface area contributed by atoms with Crippen molar-refractivity contribution in [2.75, 3.05) is 26.2 Å². The average Bonchev–Trinajstić information content (AvgIpc) is 2.78. The number of fused-ring (bicyclic) bond motifs is 1. The summed E-state index contributed by atoms with van der Waals surface area (Å²) < 4.78 is 0. The fourth-order valence-electron chi connectivity index (χ4n) is 6.87. The van der Waals surface area contributed by atoms with E-state index in [9.17, 15) is 14.8 Å². The number of nitrogens with two attached hydrogens (primary N) is 1. The Kier molecular flexibility index (Phi) is 7.20. The van der Waals surface area contributed by atoms with Crippen LogP contribution in [0, 0.1) is 35.5 Å². The molecule has 6 unspecified atom stereocenters. The van der Waals surface area contributed by atoms with Crippen molar-refractivity contribution in [3.05, 3.63) is 0 Å². The van der Waals surface area contributed by atoms with E-state index in [0.29, 0.717) is 17.7 Å². The number of carbonyl (C=O) groups is 1. The van der Waals surface area contributed by atoms with E-state index in [1.807, 2.05) is 0 Å². The number of hydrogen-bond donors (Lipinski definition) is 4. The van der Waals surface area contributed by atoms with Gasteiger partial charge >= 0.3 is 7.12 Å². The summed E-state index contributed by atoms with van der Waals surface area (Å²) in [4.78, 5) is 15.4. The molecule has 5 N–H and O–H groups in total. The van der Waals surface area contributed by atoms with E-state index in [1.165, 1.54) is 25.7 Å². The van der Waals surface area contributed by atoms with Crippen LogP contribution < -0.4 is 11.1 Å². The minimum Gasteiger partial charge on any atom is -0.426 e. The van der Waals surface area contributed by atoms with Gasteiger partial charge in [0.1, 0.15) is 0 Å². The first-order valence-corrected chi connectivity index (χ1v) is 12.1. The fourth-order valence-corrected chi connectivity index (χ4v) is 6.87. The van der Waals surface area contributed by atoms with Crippen molar-refractivity contribution in [1.82, 2.24) is 10.2 Å². The molecular formula is C22H40BN3O3. The molecule has 7 heteroatoms. The Morgan fingerprint density at radius 2 is 1.72 bits per heavy atom. The molecule has 29 heavy (non-hydrogen) atoms. The van der Waals surface area contributed by atoms with Crippen LogP contribution in [0.25, 0.3) is 0 Å². The summed E-state index contributed by atoms with van der Waals surface area (Å²) >= 11 is 0. The van der Waals surface area contributed by atoms with Crippen LogP contribution in [0.2, 0.25) is 0 Å². The van der Waals surface area contributed by atoms with Crippen molar-refractivity contribution in [2.45, 2.75) is 70.1 Å². The highest BCUT2D eigenvalue weighted by Crippen LogP contribution is 2.41. The lowest BCUT2D eigenvalue weighted by Crippen LogP contribution is -2.54. The zero-order valence-electron chi connectivity index (χ0n) is 17.8. The second-order valence-corrected chi connectivity index (χ2v) is 10.4. The molecule has 4 aliphatic rings. The quantitative estimate of drug-likeness (QED) is 0.530. The zero-order valence-corrected chi connectivity index (χ0v) is 17.8. The summed E-state index contributed by atoms with van der Waals surface area (Å²) in [6.45, 7) is 3.54. The van der Waals surface area contributed by atoms with E-state index in [1.54, 1.807) is 0 Å². The predicted molar refractivity (Wildman–Crippen MR) is 115 cm³/mol. The molecule has 2 saturated heterocycles. The first kappa shape index (κ1) is 21.6. The van der Waals surface area contributed by atoms with Crippen LogP contribution in [-0.2, 0) is 4.79 Å². The van der Waals surface area contributed by atoms with Gasteiger partial charge in [-0.15, -0.1) is 0 Å². The molecule has 0 aromatic heterocycles. The molecule has 4 rings (SSSR count). The van der Waals surface area contributed by atoms with E-state index in [0.717, 1.165) is 82.5 Å². The Morgan fingerprint density at radius 1 is 0.931 bits per heavy atom. The third-order valence-electron chi connectivity index (χ3n) is 8.72. The van der Waals surface area contributed by atoms with Crippen LogP contribution in [0.4, 0.5) is 0 Å². The van der Waals surface area contributed by atoms with Crippen LogP contribution >= 0.6 is 0 Å². The second kappa shape index (κ2) is 9.67. The third kappa shape index (κ3) is 5.00. The Morgan fingerprint density at radius 3 is 2.45 bits per heavy atom. The first-order valence-electron chi connectivity index (χ1n) is 12.1. The van der Waals surface area contributed by atoms with Gasteiger partial charge in [-0.05, 0) is 94.0 Å². The highest BCUT2D eigenvalue weighted by atomic mass is 16.4. The smallest absolute Gasteiger partial charge is 0.426 e. The van der Waals surface area contributed by atoms with Gasteiger partial charge in [-0.3, -0.25) is 4.79 Å². The number of amides is 1. The molecule has 0 aromatic rings. The summed E-state index contributed by atoms with van der Waals surface area (Å²) in [6, 6.07) is 0. The van der Waals surface area contributed by atoms with Crippen molar-refractivity contribution in [3.63, 3.8) is 0 Å². The highest BCUT2D eigenvalue weighted by molar-refractivity contribution is 6.43. The highest BCUT2D eigenvalue weighted by Gasteiger charge is 2.42. The summed E-state index contributed by atoms with van der Waals surface area (Å²) in [5.74, 6) is 3.61. The van der Waals surface area contributed by atoms with Gasteiger partial charge in [0.2, 0.25) is 5.91 Å². The predicted octanol–water partition coefficient (Wildman–Crippen LogP) is 1.40. The molecule has 2 saturated carbocycles. The average molecular weight is 405 g/mol. The van der Waals surface area contributed by atoms with E-state index in [2.05, 4.69) is 10.2 Å². The second-order valence-electron chi connectivity index (χ2n) is 10.4. The number of rotatable bonds is 4. The van der Waals surface area contributed by atoms with E-state index in [-0.39, 0.29) is 11.9 Å². The number of nitrogens with zero attached hydrogens (tertiary/aromatic N) is 1. The van der Waals surface area contributed by atoms with Crippen LogP contribution in [0.3, 0.4) is 0 Å². The Balaban J connectivity index is 1.26. The van der Waals surface area contributed by atoms with E-state index in [4.69, 9.17) is 5.73 Å². The lowest BCUT2D eigenvalue weighted by atomic mass is 9.63. The SMILES string of the molecule is NCC1CCCC(C2CCN(C(=O)C3CCC4CNC(B(O)O)CC4C3)CC2)C1. The Hall–Kier alpha value is -0.625. The minimum atomic E-state index is -1.30. The van der Waals surface area contributed by atoms with E-state index < -0.39 is 7.12 Å². The maximum Gasteiger partial charge on any atom is 0.469 e. The topological polar surface area (TPSA) is 98.8 Å². The van der Waals surface area contributed by atoms with Crippen LogP contribution in [0.1, 0.15) is 64.2 Å². The molecule has 0 spiro atoms. The van der Waals surface area contributed by atoms with Gasteiger partial charge in [-0.25, -0.2) is 0 Å². The van der Waals surface area contributed by atoms with Crippen molar-refractivity contribution >= 4 is 13.0 Å². The number of hydrogen-bond acceptors (Lipinski definition) is 5. The molecule has 0 bridgehead atoms. The van der Waals surface area contributed by atoms with Crippen LogP contribution in [0.15, 0.2) is 0 Å². The normalized spacial score (nSPS) is 39.1. The molecule has 4 fully saturated rings. The molecule has 2 aliphatic heterocycles. The Bertz CT molecular complexity index is 555. The van der Waals surface area contributed by atoms with Crippen molar-refractivity contribution in [3.8, 4) is 0 Å². The van der Waals surface area contributed by atoms with Crippen LogP contribution in [-0.4, -0.2) is 60.1 Å². The summed E-state index contributed by atoms with van der Waals surface area (Å²) in [6.07, 6.45) is 11.4. The van der Waals surface area contributed by atoms with Gasteiger partial charge in [-0.2, -0.15) is 0 Å². The lowest BCUT2D eigenvalue weighted by Gasteiger charge is -2.44. The molecule has 0 radical (unpaired) electrons. The van der Waals surface area contributed by atoms with Gasteiger partial charge in [0.05, 0.1) is 0 Å². The van der Waals surface area contributed by atoms with Crippen molar-refractivity contribution in [2.24, 2.45) is 41.2 Å². The summed E-state index contributed by atoms with van der Waals surface area (Å²) in [5, 5.41) is 22.3. The monoisotopic (exact) mass is 405 g/mol. The maximum absolute atomic E-state index is 13.2. The number of carbonyl (C=O) groups excluding carboxylic acids is 1. The summed E-state index contributed by atoms with van der Waals surface area (Å²) in [5.41, 5.74) is 5.93. The molecule has 6 nitrogen and oxygen atoms in total. The van der Waals surface area contributed by atoms with E-state index >= 15 is 0 Å². The lowest BCUT2D eigenvalue weighted by molar-refractivity contribution is -0.139. The molecule has 2 heterocycles. The van der Waals surface area contributed by atoms with Gasteiger partial charge in [0.25, 0.3) is 0 Å². The molecule has 2 aliphatic carbocycles. The fraction of sp³-hybridized carbons (Fsp3) is 0.955. The number of piperidine rings is 2. The third-order valence-corrected chi connectivity index (χ3v) is 8.72. The standard InChI is InChI=1S/C22H40BN3O3/c24-13-15-2-1-3-17(10-15)16-6-8-26(9-7-16)22(27)18-4-5-19-14-25-21(23(28)29)12-20(19)11-18/h15-21,25,28-29H,1-14,24H2. The van der Waals surface area contributed by atoms with Gasteiger partial charge < -0.3 is 26.0 Å². The van der Waals surface area contributed by atoms with Gasteiger partial charge in [0, 0.05) is 24.9 Å². The number of likely N-dealkylation sites (tertiary alicyclic amines) is 1. The minimum absolute atomic E-state index is 0.138. The molecule has 1 amide bonds. The number of nitrogens with one attached hydrogen (secondary N) is 1. The zero-order chi connectivity index (χ0) is 20.4. The summed E-state index contributed by atoms with van der Waals surface area (Å²) in [7, 11) is -1.30. The molecule has 6 atom stereocenters.